The molecule has 30 heavy (non-hydrogen) atoms. The number of pyridine rings is 1. The molecular formula is C23H33N5O2. The van der Waals surface area contributed by atoms with Crippen LogP contribution in [0.2, 0.25) is 0 Å². The van der Waals surface area contributed by atoms with E-state index in [1.165, 1.54) is 37.0 Å². The summed E-state index contributed by atoms with van der Waals surface area (Å²) in [6.07, 6.45) is 13.1. The minimum Gasteiger partial charge on any atom is -0.342 e. The van der Waals surface area contributed by atoms with Crippen molar-refractivity contribution < 1.29 is 9.59 Å². The second kappa shape index (κ2) is 8.74. The fourth-order valence-corrected chi connectivity index (χ4v) is 5.47. The van der Waals surface area contributed by atoms with Crippen LogP contribution in [0.15, 0.2) is 24.5 Å². The van der Waals surface area contributed by atoms with E-state index >= 15 is 0 Å². The largest absolute Gasteiger partial charge is 0.342 e. The molecule has 4 rings (SSSR count). The highest BCUT2D eigenvalue weighted by atomic mass is 16.2. The Morgan fingerprint density at radius 3 is 2.73 bits per heavy atom. The summed E-state index contributed by atoms with van der Waals surface area (Å²) in [4.78, 5) is 33.3. The van der Waals surface area contributed by atoms with Gasteiger partial charge in [-0.15, -0.1) is 0 Å². The van der Waals surface area contributed by atoms with E-state index in [2.05, 4.69) is 10.3 Å². The van der Waals surface area contributed by atoms with Gasteiger partial charge in [0.2, 0.25) is 0 Å². The highest BCUT2D eigenvalue weighted by Crippen LogP contribution is 2.36. The highest BCUT2D eigenvalue weighted by Gasteiger charge is 2.49. The lowest BCUT2D eigenvalue weighted by molar-refractivity contribution is -0.131. The van der Waals surface area contributed by atoms with Crippen molar-refractivity contribution in [3.05, 3.63) is 30.1 Å². The standard InChI is InChI=1S/C23H33N5O2/c1-27-21(30)23(26-22(27)24,11-9-17-6-3-2-4-7-17)14-18-10-13-28(16-18)20(29)19-8-5-12-25-15-19/h5,8,12,15,17-18H,2-4,6-7,9-11,13-14,16H2,1H3,(H2,24,26)/t18-,23+/m1/s1. The first-order valence-corrected chi connectivity index (χ1v) is 11.3. The maximum atomic E-state index is 13.2. The fraction of sp³-hybridized carbons (Fsp3) is 0.652. The van der Waals surface area contributed by atoms with Gasteiger partial charge in [0.15, 0.2) is 5.96 Å². The SMILES string of the molecule is CN1C(=N)N[C@@](CCC2CCCCC2)(C[C@H]2CCN(C(=O)c3cccnc3)C2)C1=O. The number of hydrogen-bond donors (Lipinski definition) is 2. The molecule has 7 heteroatoms. The summed E-state index contributed by atoms with van der Waals surface area (Å²) < 4.78 is 0. The summed E-state index contributed by atoms with van der Waals surface area (Å²) in [5, 5.41) is 11.4. The fourth-order valence-electron chi connectivity index (χ4n) is 5.47. The number of rotatable bonds is 6. The third-order valence-electron chi connectivity index (χ3n) is 7.23. The van der Waals surface area contributed by atoms with Crippen molar-refractivity contribution in [1.82, 2.24) is 20.1 Å². The van der Waals surface area contributed by atoms with Gasteiger partial charge in [-0.2, -0.15) is 0 Å². The monoisotopic (exact) mass is 411 g/mol. The number of hydrogen-bond acceptors (Lipinski definition) is 4. The Labute approximate surface area is 178 Å². The van der Waals surface area contributed by atoms with Crippen LogP contribution in [0.25, 0.3) is 0 Å². The molecule has 0 unspecified atom stereocenters. The van der Waals surface area contributed by atoms with Crippen molar-refractivity contribution in [3.8, 4) is 0 Å². The van der Waals surface area contributed by atoms with Crippen LogP contribution in [0, 0.1) is 17.2 Å². The number of carbonyl (C=O) groups is 2. The molecule has 2 atom stereocenters. The van der Waals surface area contributed by atoms with Gasteiger partial charge in [-0.25, -0.2) is 0 Å². The zero-order chi connectivity index (χ0) is 21.1. The second-order valence-corrected chi connectivity index (χ2v) is 9.31. The molecule has 3 aliphatic rings. The molecule has 1 aromatic heterocycles. The van der Waals surface area contributed by atoms with Gasteiger partial charge in [0.25, 0.3) is 11.8 Å². The third-order valence-corrected chi connectivity index (χ3v) is 7.23. The van der Waals surface area contributed by atoms with Crippen LogP contribution in [0.4, 0.5) is 0 Å². The third kappa shape index (κ3) is 4.20. The summed E-state index contributed by atoms with van der Waals surface area (Å²) in [5.74, 6) is 1.17. The normalized spacial score (nSPS) is 27.6. The minimum absolute atomic E-state index is 0.0115. The molecule has 2 saturated heterocycles. The van der Waals surface area contributed by atoms with Gasteiger partial charge in [0.05, 0.1) is 5.56 Å². The number of amides is 2. The highest BCUT2D eigenvalue weighted by molar-refractivity contribution is 6.07. The lowest BCUT2D eigenvalue weighted by atomic mass is 9.78. The van der Waals surface area contributed by atoms with E-state index in [-0.39, 0.29) is 23.7 Å². The lowest BCUT2D eigenvalue weighted by Crippen LogP contribution is -2.49. The summed E-state index contributed by atoms with van der Waals surface area (Å²) in [7, 11) is 1.69. The predicted octanol–water partition coefficient (Wildman–Crippen LogP) is 3.03. The summed E-state index contributed by atoms with van der Waals surface area (Å²) in [6.45, 7) is 1.36. The Balaban J connectivity index is 1.42. The maximum Gasteiger partial charge on any atom is 0.255 e. The van der Waals surface area contributed by atoms with Gasteiger partial charge < -0.3 is 10.2 Å². The van der Waals surface area contributed by atoms with E-state index < -0.39 is 5.54 Å². The summed E-state index contributed by atoms with van der Waals surface area (Å²) >= 11 is 0. The number of aromatic nitrogens is 1. The number of likely N-dealkylation sites (N-methyl/N-ethyl adjacent to an activating group) is 1. The predicted molar refractivity (Wildman–Crippen MR) is 115 cm³/mol. The smallest absolute Gasteiger partial charge is 0.255 e. The lowest BCUT2D eigenvalue weighted by Gasteiger charge is -2.32. The van der Waals surface area contributed by atoms with Gasteiger partial charge in [0.1, 0.15) is 5.54 Å². The van der Waals surface area contributed by atoms with Gasteiger partial charge in [0, 0.05) is 32.5 Å². The van der Waals surface area contributed by atoms with Crippen molar-refractivity contribution in [2.24, 2.45) is 11.8 Å². The minimum atomic E-state index is -0.693. The van der Waals surface area contributed by atoms with Crippen molar-refractivity contribution >= 4 is 17.8 Å². The number of likely N-dealkylation sites (tertiary alicyclic amines) is 1. The van der Waals surface area contributed by atoms with Crippen molar-refractivity contribution in [2.45, 2.75) is 63.3 Å². The zero-order valence-electron chi connectivity index (χ0n) is 17.9. The molecule has 1 aromatic rings. The van der Waals surface area contributed by atoms with Crippen LogP contribution in [0.1, 0.15) is 68.1 Å². The molecule has 7 nitrogen and oxygen atoms in total. The number of guanidine groups is 1. The molecule has 0 aromatic carbocycles. The molecule has 3 fully saturated rings. The summed E-state index contributed by atoms with van der Waals surface area (Å²) in [6, 6.07) is 3.58. The number of carbonyl (C=O) groups excluding carboxylic acids is 2. The molecule has 2 N–H and O–H groups in total. The first-order valence-electron chi connectivity index (χ1n) is 11.3. The van der Waals surface area contributed by atoms with Gasteiger partial charge in [-0.05, 0) is 49.7 Å². The van der Waals surface area contributed by atoms with Crippen LogP contribution in [-0.2, 0) is 4.79 Å². The van der Waals surface area contributed by atoms with Gasteiger partial charge >= 0.3 is 0 Å². The Hall–Kier alpha value is -2.44. The van der Waals surface area contributed by atoms with Crippen LogP contribution < -0.4 is 5.32 Å². The number of nitrogens with zero attached hydrogens (tertiary/aromatic N) is 3. The topological polar surface area (TPSA) is 89.4 Å². The second-order valence-electron chi connectivity index (χ2n) is 9.31. The van der Waals surface area contributed by atoms with Crippen LogP contribution in [-0.4, -0.2) is 58.2 Å². The molecule has 162 valence electrons. The van der Waals surface area contributed by atoms with Crippen LogP contribution in [0.5, 0.6) is 0 Å². The average molecular weight is 412 g/mol. The molecule has 1 saturated carbocycles. The molecule has 0 spiro atoms. The first kappa shape index (κ1) is 20.8. The van der Waals surface area contributed by atoms with Crippen molar-refractivity contribution in [3.63, 3.8) is 0 Å². The Morgan fingerprint density at radius 2 is 2.07 bits per heavy atom. The van der Waals surface area contributed by atoms with Crippen molar-refractivity contribution in [1.29, 1.82) is 5.41 Å². The first-order chi connectivity index (χ1) is 14.5. The molecule has 0 radical (unpaired) electrons. The zero-order valence-corrected chi connectivity index (χ0v) is 17.9. The molecule has 0 bridgehead atoms. The van der Waals surface area contributed by atoms with E-state index in [1.807, 2.05) is 4.90 Å². The van der Waals surface area contributed by atoms with E-state index in [0.29, 0.717) is 31.0 Å². The Kier molecular flexibility index (Phi) is 6.06. The average Bonchev–Trinajstić information content (AvgIpc) is 3.32. The molecule has 2 aliphatic heterocycles. The summed E-state index contributed by atoms with van der Waals surface area (Å²) in [5.41, 5.74) is -0.0804. The van der Waals surface area contributed by atoms with Crippen LogP contribution >= 0.6 is 0 Å². The molecular weight excluding hydrogens is 378 g/mol. The Bertz CT molecular complexity index is 792. The van der Waals surface area contributed by atoms with E-state index in [4.69, 9.17) is 5.41 Å². The quantitative estimate of drug-likeness (QED) is 0.753. The van der Waals surface area contributed by atoms with E-state index in [0.717, 1.165) is 19.3 Å². The number of nitrogens with one attached hydrogen (secondary N) is 2. The van der Waals surface area contributed by atoms with Crippen molar-refractivity contribution in [2.75, 3.05) is 20.1 Å². The van der Waals surface area contributed by atoms with E-state index in [9.17, 15) is 9.59 Å². The van der Waals surface area contributed by atoms with Crippen LogP contribution in [0.3, 0.4) is 0 Å². The molecule has 3 heterocycles. The van der Waals surface area contributed by atoms with Gasteiger partial charge in [-0.1, -0.05) is 32.1 Å². The van der Waals surface area contributed by atoms with E-state index in [1.54, 1.807) is 31.6 Å². The maximum absolute atomic E-state index is 13.2. The molecule has 1 aliphatic carbocycles. The van der Waals surface area contributed by atoms with Gasteiger partial charge in [-0.3, -0.25) is 24.9 Å². The Morgan fingerprint density at radius 1 is 1.27 bits per heavy atom. The molecule has 2 amide bonds.